The van der Waals surface area contributed by atoms with E-state index < -0.39 is 10.0 Å². The van der Waals surface area contributed by atoms with Gasteiger partial charge >= 0.3 is 0 Å². The Bertz CT molecular complexity index is 1150. The molecule has 1 heterocycles. The normalized spacial score (nSPS) is 16.3. The van der Waals surface area contributed by atoms with E-state index in [1.54, 1.807) is 6.07 Å². The summed E-state index contributed by atoms with van der Waals surface area (Å²) in [6.45, 7) is 2.78. The van der Waals surface area contributed by atoms with Crippen LogP contribution < -0.4 is 24.8 Å². The summed E-state index contributed by atoms with van der Waals surface area (Å²) in [4.78, 5) is 24.2. The lowest BCUT2D eigenvalue weighted by Gasteiger charge is -2.15. The number of benzene rings is 2. The molecule has 9 nitrogen and oxygen atoms in total. The summed E-state index contributed by atoms with van der Waals surface area (Å²) in [5.74, 6) is 0.811. The first-order valence-electron chi connectivity index (χ1n) is 11.4. The molecule has 4 rings (SSSR count). The van der Waals surface area contributed by atoms with Gasteiger partial charge in [0, 0.05) is 37.1 Å². The van der Waals surface area contributed by atoms with E-state index in [1.165, 1.54) is 12.1 Å². The third-order valence-electron chi connectivity index (χ3n) is 5.68. The van der Waals surface area contributed by atoms with Crippen LogP contribution in [0.3, 0.4) is 0 Å². The Morgan fingerprint density at radius 1 is 1.03 bits per heavy atom. The van der Waals surface area contributed by atoms with E-state index >= 15 is 0 Å². The predicted molar refractivity (Wildman–Crippen MR) is 126 cm³/mol. The number of rotatable bonds is 9. The van der Waals surface area contributed by atoms with E-state index in [2.05, 4.69) is 15.4 Å². The molecule has 10 heteroatoms. The number of fused-ring (bicyclic) bond motifs is 1. The molecule has 2 aromatic carbocycles. The zero-order chi connectivity index (χ0) is 24.1. The van der Waals surface area contributed by atoms with Crippen molar-refractivity contribution in [2.24, 2.45) is 5.92 Å². The molecular formula is C24H29N3O6S. The van der Waals surface area contributed by atoms with E-state index in [9.17, 15) is 18.0 Å². The van der Waals surface area contributed by atoms with Crippen molar-refractivity contribution in [3.63, 3.8) is 0 Å². The smallest absolute Gasteiger partial charge is 0.240 e. The number of hydrogen-bond donors (Lipinski definition) is 3. The van der Waals surface area contributed by atoms with Crippen molar-refractivity contribution in [3.8, 4) is 11.5 Å². The second-order valence-corrected chi connectivity index (χ2v) is 10.2. The van der Waals surface area contributed by atoms with Gasteiger partial charge in [-0.2, -0.15) is 0 Å². The lowest BCUT2D eigenvalue weighted by atomic mass is 10.1. The first-order valence-corrected chi connectivity index (χ1v) is 12.9. The van der Waals surface area contributed by atoms with Crippen LogP contribution in [0.2, 0.25) is 0 Å². The molecule has 0 bridgehead atoms. The summed E-state index contributed by atoms with van der Waals surface area (Å²) < 4.78 is 38.8. The summed E-state index contributed by atoms with van der Waals surface area (Å²) in [6.07, 6.45) is 2.60. The molecule has 2 amide bonds. The van der Waals surface area contributed by atoms with Gasteiger partial charge in [0.25, 0.3) is 0 Å². The SMILES string of the molecule is CC(NC(=O)CCNS(=O)(=O)c1ccc2c(c1)OCCCO2)c1ccc(NC(=O)C2CC2)cc1. The zero-order valence-corrected chi connectivity index (χ0v) is 19.8. The Labute approximate surface area is 199 Å². The zero-order valence-electron chi connectivity index (χ0n) is 19.0. The van der Waals surface area contributed by atoms with Gasteiger partial charge in [0.2, 0.25) is 21.8 Å². The first kappa shape index (κ1) is 24.0. The van der Waals surface area contributed by atoms with Gasteiger partial charge in [0.15, 0.2) is 11.5 Å². The van der Waals surface area contributed by atoms with Gasteiger partial charge in [-0.05, 0) is 49.6 Å². The summed E-state index contributed by atoms with van der Waals surface area (Å²) in [7, 11) is -3.80. The van der Waals surface area contributed by atoms with Crippen LogP contribution in [0.5, 0.6) is 11.5 Å². The molecule has 0 radical (unpaired) electrons. The maximum absolute atomic E-state index is 12.6. The van der Waals surface area contributed by atoms with Crippen molar-refractivity contribution in [2.45, 2.75) is 43.5 Å². The largest absolute Gasteiger partial charge is 0.490 e. The lowest BCUT2D eigenvalue weighted by molar-refractivity contribution is -0.121. The third kappa shape index (κ3) is 6.27. The van der Waals surface area contributed by atoms with Crippen LogP contribution in [0, 0.1) is 5.92 Å². The van der Waals surface area contributed by atoms with Gasteiger partial charge in [-0.1, -0.05) is 12.1 Å². The number of carbonyl (C=O) groups excluding carboxylic acids is 2. The molecule has 0 aromatic heterocycles. The highest BCUT2D eigenvalue weighted by atomic mass is 32.2. The van der Waals surface area contributed by atoms with E-state index in [0.717, 1.165) is 30.5 Å². The number of sulfonamides is 1. The molecule has 1 aliphatic heterocycles. The number of hydrogen-bond acceptors (Lipinski definition) is 6. The van der Waals surface area contributed by atoms with E-state index in [0.29, 0.717) is 24.7 Å². The molecule has 0 spiro atoms. The Morgan fingerprint density at radius 3 is 2.44 bits per heavy atom. The maximum Gasteiger partial charge on any atom is 0.240 e. The maximum atomic E-state index is 12.6. The minimum Gasteiger partial charge on any atom is -0.490 e. The fourth-order valence-electron chi connectivity index (χ4n) is 3.53. The van der Waals surface area contributed by atoms with Gasteiger partial charge in [-0.15, -0.1) is 0 Å². The molecule has 0 saturated heterocycles. The van der Waals surface area contributed by atoms with Gasteiger partial charge in [0.1, 0.15) is 0 Å². The molecule has 182 valence electrons. The van der Waals surface area contributed by atoms with Crippen molar-refractivity contribution in [1.29, 1.82) is 0 Å². The van der Waals surface area contributed by atoms with Gasteiger partial charge < -0.3 is 20.1 Å². The average molecular weight is 488 g/mol. The van der Waals surface area contributed by atoms with Crippen LogP contribution in [0.1, 0.15) is 44.2 Å². The Kier molecular flexibility index (Phi) is 7.38. The predicted octanol–water partition coefficient (Wildman–Crippen LogP) is 2.74. The Hall–Kier alpha value is -3.11. The highest BCUT2D eigenvalue weighted by Gasteiger charge is 2.29. The summed E-state index contributed by atoms with van der Waals surface area (Å²) in [5.41, 5.74) is 1.61. The van der Waals surface area contributed by atoms with E-state index in [-0.39, 0.29) is 41.6 Å². The second kappa shape index (κ2) is 10.4. The van der Waals surface area contributed by atoms with Crippen LogP contribution >= 0.6 is 0 Å². The van der Waals surface area contributed by atoms with Crippen LogP contribution in [0.15, 0.2) is 47.4 Å². The van der Waals surface area contributed by atoms with E-state index in [4.69, 9.17) is 9.47 Å². The van der Waals surface area contributed by atoms with Crippen molar-refractivity contribution in [3.05, 3.63) is 48.0 Å². The minimum atomic E-state index is -3.80. The number of ether oxygens (including phenoxy) is 2. The highest BCUT2D eigenvalue weighted by Crippen LogP contribution is 2.32. The monoisotopic (exact) mass is 487 g/mol. The standard InChI is InChI=1S/C24H29N3O6S/c1-16(17-5-7-19(8-6-17)27-24(29)18-3-4-18)26-23(28)11-12-25-34(30,31)20-9-10-21-22(15-20)33-14-2-13-32-21/h5-10,15-16,18,25H,2-4,11-14H2,1H3,(H,26,28)(H,27,29). The summed E-state index contributed by atoms with van der Waals surface area (Å²) in [6, 6.07) is 11.5. The van der Waals surface area contributed by atoms with Crippen LogP contribution in [0.25, 0.3) is 0 Å². The number of nitrogens with one attached hydrogen (secondary N) is 3. The molecule has 1 atom stereocenters. The first-order chi connectivity index (χ1) is 16.3. The highest BCUT2D eigenvalue weighted by molar-refractivity contribution is 7.89. The fraction of sp³-hybridized carbons (Fsp3) is 0.417. The number of anilines is 1. The van der Waals surface area contributed by atoms with Crippen molar-refractivity contribution in [1.82, 2.24) is 10.0 Å². The summed E-state index contributed by atoms with van der Waals surface area (Å²) in [5, 5.41) is 5.74. The average Bonchev–Trinajstić information content (AvgIpc) is 3.66. The van der Waals surface area contributed by atoms with Crippen molar-refractivity contribution >= 4 is 27.5 Å². The van der Waals surface area contributed by atoms with Gasteiger partial charge in [-0.25, -0.2) is 13.1 Å². The minimum absolute atomic E-state index is 0.0103. The number of amides is 2. The number of carbonyl (C=O) groups is 2. The fourth-order valence-corrected chi connectivity index (χ4v) is 4.58. The van der Waals surface area contributed by atoms with Gasteiger partial charge in [0.05, 0.1) is 24.2 Å². The molecule has 1 unspecified atom stereocenters. The van der Waals surface area contributed by atoms with E-state index in [1.807, 2.05) is 31.2 Å². The molecule has 1 aliphatic carbocycles. The lowest BCUT2D eigenvalue weighted by Crippen LogP contribution is -2.32. The van der Waals surface area contributed by atoms with Crippen LogP contribution in [-0.4, -0.2) is 40.0 Å². The molecule has 1 fully saturated rings. The molecule has 3 N–H and O–H groups in total. The molecule has 2 aromatic rings. The van der Waals surface area contributed by atoms with Crippen LogP contribution in [-0.2, 0) is 19.6 Å². The quantitative estimate of drug-likeness (QED) is 0.500. The molecular weight excluding hydrogens is 458 g/mol. The van der Waals surface area contributed by atoms with Crippen LogP contribution in [0.4, 0.5) is 5.69 Å². The summed E-state index contributed by atoms with van der Waals surface area (Å²) >= 11 is 0. The van der Waals surface area contributed by atoms with Gasteiger partial charge in [-0.3, -0.25) is 9.59 Å². The second-order valence-electron chi connectivity index (χ2n) is 8.48. The molecule has 34 heavy (non-hydrogen) atoms. The Balaban J connectivity index is 1.25. The Morgan fingerprint density at radius 2 is 1.74 bits per heavy atom. The van der Waals surface area contributed by atoms with Crippen molar-refractivity contribution < 1.29 is 27.5 Å². The topological polar surface area (TPSA) is 123 Å². The molecule has 1 saturated carbocycles. The van der Waals surface area contributed by atoms with Crippen molar-refractivity contribution in [2.75, 3.05) is 25.1 Å². The third-order valence-corrected chi connectivity index (χ3v) is 7.14. The molecule has 2 aliphatic rings.